The molecule has 0 aromatic carbocycles. The van der Waals surface area contributed by atoms with E-state index in [1.165, 1.54) is 7.11 Å². The highest BCUT2D eigenvalue weighted by molar-refractivity contribution is 7.84. The van der Waals surface area contributed by atoms with Crippen LogP contribution in [0.25, 0.3) is 0 Å². The molecule has 0 unspecified atom stereocenters. The van der Waals surface area contributed by atoms with E-state index in [0.29, 0.717) is 18.8 Å². The Morgan fingerprint density at radius 3 is 2.82 bits per heavy atom. The van der Waals surface area contributed by atoms with Crippen molar-refractivity contribution in [2.75, 3.05) is 32.2 Å². The van der Waals surface area contributed by atoms with Crippen LogP contribution < -0.4 is 5.32 Å². The Labute approximate surface area is 134 Å². The molecular weight excluding hydrogens is 304 g/mol. The van der Waals surface area contributed by atoms with Crippen LogP contribution in [0, 0.1) is 11.3 Å². The average molecular weight is 330 g/mol. The zero-order valence-corrected chi connectivity index (χ0v) is 14.4. The number of carbonyl (C=O) groups is 2. The van der Waals surface area contributed by atoms with Crippen molar-refractivity contribution in [2.24, 2.45) is 11.3 Å². The summed E-state index contributed by atoms with van der Waals surface area (Å²) in [7, 11) is 0.476. The van der Waals surface area contributed by atoms with Gasteiger partial charge in [0.1, 0.15) is 0 Å². The van der Waals surface area contributed by atoms with Gasteiger partial charge in [-0.25, -0.2) is 4.79 Å². The van der Waals surface area contributed by atoms with E-state index < -0.39 is 16.2 Å². The molecule has 0 radical (unpaired) electrons. The first kappa shape index (κ1) is 17.2. The third-order valence-corrected chi connectivity index (χ3v) is 5.82. The van der Waals surface area contributed by atoms with E-state index in [4.69, 9.17) is 4.74 Å². The molecule has 6 nitrogen and oxygen atoms in total. The fourth-order valence-corrected chi connectivity index (χ4v) is 4.63. The summed E-state index contributed by atoms with van der Waals surface area (Å²) < 4.78 is 16.2. The molecule has 0 aromatic heterocycles. The summed E-state index contributed by atoms with van der Waals surface area (Å²) in [5, 5.41) is 2.88. The highest BCUT2D eigenvalue weighted by atomic mass is 32.2. The molecule has 1 aliphatic carbocycles. The van der Waals surface area contributed by atoms with Crippen LogP contribution in [0.3, 0.4) is 0 Å². The Morgan fingerprint density at radius 2 is 2.18 bits per heavy atom. The average Bonchev–Trinajstić information content (AvgIpc) is 2.86. The fourth-order valence-electron chi connectivity index (χ4n) is 3.84. The Bertz CT molecular complexity index is 470. The number of nitrogens with zero attached hydrogens (tertiary/aromatic N) is 1. The molecule has 1 saturated heterocycles. The molecule has 2 aliphatic rings. The lowest BCUT2D eigenvalue weighted by atomic mass is 9.68. The molecule has 126 valence electrons. The first-order chi connectivity index (χ1) is 10.4. The minimum Gasteiger partial charge on any atom is -0.469 e. The van der Waals surface area contributed by atoms with E-state index in [0.717, 1.165) is 25.7 Å². The normalized spacial score (nSPS) is 30.3. The number of methoxy groups -OCH3 is 1. The van der Waals surface area contributed by atoms with Gasteiger partial charge in [-0.3, -0.25) is 9.00 Å². The number of rotatable bonds is 4. The number of urea groups is 1. The SMILES string of the molecule is COC(=O)[C@@]12CCCC[C@@H]1CN(C(=O)N[C@@H](C)C[S@](C)=O)C2. The number of fused-ring (bicyclic) bond motifs is 1. The molecule has 2 fully saturated rings. The highest BCUT2D eigenvalue weighted by Crippen LogP contribution is 2.47. The second-order valence-corrected chi connectivity index (χ2v) is 8.04. The third-order valence-electron chi connectivity index (χ3n) is 4.85. The lowest BCUT2D eigenvalue weighted by Crippen LogP contribution is -2.46. The van der Waals surface area contributed by atoms with Crippen molar-refractivity contribution in [2.45, 2.75) is 38.6 Å². The van der Waals surface area contributed by atoms with Gasteiger partial charge in [0.15, 0.2) is 0 Å². The van der Waals surface area contributed by atoms with Crippen LogP contribution in [0.5, 0.6) is 0 Å². The summed E-state index contributed by atoms with van der Waals surface area (Å²) in [5.74, 6) is 0.441. The molecule has 0 spiro atoms. The van der Waals surface area contributed by atoms with E-state index in [9.17, 15) is 13.8 Å². The van der Waals surface area contributed by atoms with Crippen molar-refractivity contribution < 1.29 is 18.5 Å². The molecule has 7 heteroatoms. The van der Waals surface area contributed by atoms with Crippen molar-refractivity contribution in [3.8, 4) is 0 Å². The molecule has 0 bridgehead atoms. The summed E-state index contributed by atoms with van der Waals surface area (Å²) in [6.45, 7) is 2.87. The zero-order chi connectivity index (χ0) is 16.3. The maximum absolute atomic E-state index is 12.4. The number of hydrogen-bond acceptors (Lipinski definition) is 4. The molecule has 1 heterocycles. The molecule has 1 aliphatic heterocycles. The van der Waals surface area contributed by atoms with Crippen molar-refractivity contribution in [3.63, 3.8) is 0 Å². The Hall–Kier alpha value is -1.11. The number of carbonyl (C=O) groups excluding carboxylic acids is 2. The second kappa shape index (κ2) is 6.98. The van der Waals surface area contributed by atoms with Crippen LogP contribution in [0.4, 0.5) is 4.79 Å². The van der Waals surface area contributed by atoms with Crippen molar-refractivity contribution >= 4 is 22.8 Å². The van der Waals surface area contributed by atoms with Crippen LogP contribution in [0.15, 0.2) is 0 Å². The molecule has 2 amide bonds. The largest absolute Gasteiger partial charge is 0.469 e. The van der Waals surface area contributed by atoms with Gasteiger partial charge in [0.05, 0.1) is 12.5 Å². The number of esters is 1. The Balaban J connectivity index is 2.04. The van der Waals surface area contributed by atoms with Gasteiger partial charge in [0.25, 0.3) is 0 Å². The van der Waals surface area contributed by atoms with Crippen LogP contribution in [0.1, 0.15) is 32.6 Å². The van der Waals surface area contributed by atoms with E-state index in [-0.39, 0.29) is 24.0 Å². The maximum atomic E-state index is 12.4. The van der Waals surface area contributed by atoms with Gasteiger partial charge in [-0.15, -0.1) is 0 Å². The maximum Gasteiger partial charge on any atom is 0.317 e. The van der Waals surface area contributed by atoms with Crippen molar-refractivity contribution in [3.05, 3.63) is 0 Å². The first-order valence-electron chi connectivity index (χ1n) is 7.83. The monoisotopic (exact) mass is 330 g/mol. The van der Waals surface area contributed by atoms with Gasteiger partial charge in [0, 0.05) is 41.9 Å². The quantitative estimate of drug-likeness (QED) is 0.784. The van der Waals surface area contributed by atoms with E-state index in [1.807, 2.05) is 6.92 Å². The summed E-state index contributed by atoms with van der Waals surface area (Å²) in [5.41, 5.74) is -0.527. The lowest BCUT2D eigenvalue weighted by Gasteiger charge is -2.35. The van der Waals surface area contributed by atoms with Gasteiger partial charge in [-0.2, -0.15) is 0 Å². The topological polar surface area (TPSA) is 75.7 Å². The van der Waals surface area contributed by atoms with Crippen molar-refractivity contribution in [1.82, 2.24) is 10.2 Å². The predicted octanol–water partition coefficient (Wildman–Crippen LogP) is 1.13. The third kappa shape index (κ3) is 3.45. The highest BCUT2D eigenvalue weighted by Gasteiger charge is 2.54. The molecule has 4 atom stereocenters. The Kier molecular flexibility index (Phi) is 5.47. The van der Waals surface area contributed by atoms with Crippen LogP contribution in [0.2, 0.25) is 0 Å². The Morgan fingerprint density at radius 1 is 1.45 bits per heavy atom. The number of likely N-dealkylation sites (tertiary alicyclic amines) is 1. The summed E-state index contributed by atoms with van der Waals surface area (Å²) in [6, 6.07) is -0.314. The molecule has 22 heavy (non-hydrogen) atoms. The van der Waals surface area contributed by atoms with Crippen LogP contribution in [-0.4, -0.2) is 59.4 Å². The van der Waals surface area contributed by atoms with Gasteiger partial charge in [-0.05, 0) is 25.7 Å². The number of ether oxygens (including phenoxy) is 1. The summed E-state index contributed by atoms with van der Waals surface area (Å²) in [6.07, 6.45) is 5.49. The van der Waals surface area contributed by atoms with E-state index >= 15 is 0 Å². The number of nitrogens with one attached hydrogen (secondary N) is 1. The first-order valence-corrected chi connectivity index (χ1v) is 9.55. The van der Waals surface area contributed by atoms with E-state index in [2.05, 4.69) is 5.32 Å². The van der Waals surface area contributed by atoms with Crippen LogP contribution >= 0.6 is 0 Å². The minimum atomic E-state index is -0.945. The number of hydrogen-bond donors (Lipinski definition) is 1. The minimum absolute atomic E-state index is 0.143. The number of amides is 2. The fraction of sp³-hybridized carbons (Fsp3) is 0.867. The molecular formula is C15H26N2O4S. The van der Waals surface area contributed by atoms with E-state index in [1.54, 1.807) is 11.2 Å². The second-order valence-electron chi connectivity index (χ2n) is 6.56. The summed E-state index contributed by atoms with van der Waals surface area (Å²) in [4.78, 5) is 26.4. The lowest BCUT2D eigenvalue weighted by molar-refractivity contribution is -0.156. The smallest absolute Gasteiger partial charge is 0.317 e. The van der Waals surface area contributed by atoms with Crippen molar-refractivity contribution in [1.29, 1.82) is 0 Å². The molecule has 1 saturated carbocycles. The van der Waals surface area contributed by atoms with Gasteiger partial charge < -0.3 is 15.0 Å². The molecule has 0 aromatic rings. The zero-order valence-electron chi connectivity index (χ0n) is 13.6. The van der Waals surface area contributed by atoms with Crippen LogP contribution in [-0.2, 0) is 20.3 Å². The standard InChI is InChI=1S/C15H26N2O4S/c1-11(9-22(3)20)16-14(19)17-8-12-6-4-5-7-15(12,10-17)13(18)21-2/h11-12H,4-10H2,1-3H3,(H,16,19)/t11-,12+,15+,22-/m0/s1. The molecule has 1 N–H and O–H groups in total. The van der Waals surface area contributed by atoms with Gasteiger partial charge >= 0.3 is 12.0 Å². The summed E-state index contributed by atoms with van der Waals surface area (Å²) >= 11 is 0. The van der Waals surface area contributed by atoms with Gasteiger partial charge in [-0.1, -0.05) is 12.8 Å². The molecule has 2 rings (SSSR count). The predicted molar refractivity (Wildman–Crippen MR) is 84.9 cm³/mol. The van der Waals surface area contributed by atoms with Gasteiger partial charge in [0.2, 0.25) is 0 Å².